The van der Waals surface area contributed by atoms with Gasteiger partial charge in [-0.05, 0) is 6.42 Å². The van der Waals surface area contributed by atoms with E-state index in [0.29, 0.717) is 26.4 Å². The second-order valence-electron chi connectivity index (χ2n) is 3.47. The maximum Gasteiger partial charge on any atom is 0.0701 e. The molecule has 126 valence electrons. The number of rotatable bonds is 11. The van der Waals surface area contributed by atoms with Crippen molar-refractivity contribution < 1.29 is 34.6 Å². The van der Waals surface area contributed by atoms with E-state index in [-0.39, 0.29) is 26.4 Å². The first-order chi connectivity index (χ1) is 9.74. The summed E-state index contributed by atoms with van der Waals surface area (Å²) in [5.41, 5.74) is 0. The van der Waals surface area contributed by atoms with Gasteiger partial charge in [0.25, 0.3) is 0 Å². The van der Waals surface area contributed by atoms with Crippen molar-refractivity contribution in [3.63, 3.8) is 0 Å². The van der Waals surface area contributed by atoms with Gasteiger partial charge in [0.05, 0.1) is 52.9 Å². The van der Waals surface area contributed by atoms with Crippen LogP contribution in [0.5, 0.6) is 0 Å². The Morgan fingerprint density at radius 2 is 1.10 bits per heavy atom. The number of aliphatic hydroxyl groups is 4. The number of hydrogen-bond acceptors (Lipinski definition) is 7. The topological polar surface area (TPSA) is 109 Å². The highest BCUT2D eigenvalue weighted by Gasteiger charge is 1.86. The van der Waals surface area contributed by atoms with Crippen LogP contribution in [0.3, 0.4) is 0 Å². The summed E-state index contributed by atoms with van der Waals surface area (Å²) in [7, 11) is 1.73. The van der Waals surface area contributed by atoms with Gasteiger partial charge in [-0.3, -0.25) is 0 Å². The van der Waals surface area contributed by atoms with Crippen molar-refractivity contribution in [3.8, 4) is 0 Å². The minimum Gasteiger partial charge on any atom is -0.394 e. The van der Waals surface area contributed by atoms with Crippen molar-refractivity contribution in [1.82, 2.24) is 0 Å². The van der Waals surface area contributed by atoms with Crippen molar-refractivity contribution in [2.45, 2.75) is 19.8 Å². The molecule has 0 fully saturated rings. The van der Waals surface area contributed by atoms with Crippen LogP contribution in [-0.2, 0) is 14.2 Å². The molecule has 0 aliphatic carbocycles. The molecular formula is C13H32O7. The second-order valence-corrected chi connectivity index (χ2v) is 3.47. The van der Waals surface area contributed by atoms with E-state index < -0.39 is 0 Å². The van der Waals surface area contributed by atoms with Crippen LogP contribution in [0.4, 0.5) is 0 Å². The maximum absolute atomic E-state index is 8.26. The predicted octanol–water partition coefficient (Wildman–Crippen LogP) is -0.592. The monoisotopic (exact) mass is 300 g/mol. The van der Waals surface area contributed by atoms with Crippen LogP contribution in [0.2, 0.25) is 0 Å². The largest absolute Gasteiger partial charge is 0.394 e. The molecular weight excluding hydrogens is 268 g/mol. The molecule has 0 aromatic heterocycles. The van der Waals surface area contributed by atoms with Crippen molar-refractivity contribution >= 4 is 0 Å². The molecule has 4 N–H and O–H groups in total. The van der Waals surface area contributed by atoms with Crippen molar-refractivity contribution in [3.05, 3.63) is 0 Å². The Hall–Kier alpha value is -0.280. The van der Waals surface area contributed by atoms with E-state index in [1.54, 1.807) is 7.11 Å². The van der Waals surface area contributed by atoms with Gasteiger partial charge < -0.3 is 34.6 Å². The minimum absolute atomic E-state index is 0.0417. The summed E-state index contributed by atoms with van der Waals surface area (Å²) in [6.45, 7) is 4.54. The fourth-order valence-corrected chi connectivity index (χ4v) is 0.740. The molecule has 7 nitrogen and oxygen atoms in total. The number of methoxy groups -OCH3 is 1. The van der Waals surface area contributed by atoms with E-state index in [0.717, 1.165) is 6.61 Å². The van der Waals surface area contributed by atoms with Crippen LogP contribution in [-0.4, -0.2) is 87.0 Å². The molecule has 20 heavy (non-hydrogen) atoms. The molecule has 0 spiro atoms. The van der Waals surface area contributed by atoms with E-state index in [1.807, 2.05) is 0 Å². The average Bonchev–Trinajstić information content (AvgIpc) is 2.49. The van der Waals surface area contributed by atoms with Gasteiger partial charge in [-0.15, -0.1) is 0 Å². The lowest BCUT2D eigenvalue weighted by molar-refractivity contribution is 0.0222. The third kappa shape index (κ3) is 43.1. The standard InChI is InChI=1S/C6H14O4.C5H12O.C2H6O2/c7-1-3-9-5-6-10-4-2-8;1-3-4-5-6-2;3-1-2-4/h7-8H,1-6H2;3-5H2,1-2H3;3-4H,1-2H2. The highest BCUT2D eigenvalue weighted by molar-refractivity contribution is 4.30. The molecule has 0 aromatic carbocycles. The Kier molecular flexibility index (Phi) is 38.6. The lowest BCUT2D eigenvalue weighted by atomic mass is 10.4. The highest BCUT2D eigenvalue weighted by Crippen LogP contribution is 1.83. The van der Waals surface area contributed by atoms with E-state index in [9.17, 15) is 0 Å². The fraction of sp³-hybridized carbons (Fsp3) is 1.00. The SMILES string of the molecule is CCCCOC.OCCO.OCCOCCOCCO. The van der Waals surface area contributed by atoms with Crippen molar-refractivity contribution in [2.24, 2.45) is 0 Å². The molecule has 0 aromatic rings. The molecule has 0 aliphatic rings. The molecule has 0 aliphatic heterocycles. The van der Waals surface area contributed by atoms with E-state index >= 15 is 0 Å². The predicted molar refractivity (Wildman–Crippen MR) is 76.8 cm³/mol. The molecule has 0 saturated carbocycles. The first kappa shape index (κ1) is 24.7. The molecule has 0 heterocycles. The Bertz CT molecular complexity index is 111. The third-order valence-electron chi connectivity index (χ3n) is 1.65. The molecule has 0 atom stereocenters. The summed E-state index contributed by atoms with van der Waals surface area (Å²) in [5, 5.41) is 31.8. The summed E-state index contributed by atoms with van der Waals surface area (Å²) < 4.78 is 14.5. The van der Waals surface area contributed by atoms with Crippen LogP contribution in [0, 0.1) is 0 Å². The van der Waals surface area contributed by atoms with E-state index in [2.05, 4.69) is 6.92 Å². The third-order valence-corrected chi connectivity index (χ3v) is 1.65. The van der Waals surface area contributed by atoms with Gasteiger partial charge >= 0.3 is 0 Å². The summed E-state index contributed by atoms with van der Waals surface area (Å²) >= 11 is 0. The van der Waals surface area contributed by atoms with Crippen molar-refractivity contribution in [2.75, 3.05) is 66.6 Å². The smallest absolute Gasteiger partial charge is 0.0701 e. The summed E-state index contributed by atoms with van der Waals surface area (Å²) in [4.78, 5) is 0. The highest BCUT2D eigenvalue weighted by atomic mass is 16.5. The van der Waals surface area contributed by atoms with E-state index in [4.69, 9.17) is 34.6 Å². The van der Waals surface area contributed by atoms with Gasteiger partial charge in [-0.25, -0.2) is 0 Å². The first-order valence-corrected chi connectivity index (χ1v) is 6.82. The lowest BCUT2D eigenvalue weighted by Crippen LogP contribution is -2.09. The van der Waals surface area contributed by atoms with Gasteiger partial charge in [-0.1, -0.05) is 13.3 Å². The summed E-state index contributed by atoms with van der Waals surface area (Å²) in [6, 6.07) is 0. The normalized spacial score (nSPS) is 9.30. The first-order valence-electron chi connectivity index (χ1n) is 6.82. The average molecular weight is 300 g/mol. The van der Waals surface area contributed by atoms with Crippen LogP contribution in [0.25, 0.3) is 0 Å². The van der Waals surface area contributed by atoms with Crippen LogP contribution < -0.4 is 0 Å². The van der Waals surface area contributed by atoms with Crippen molar-refractivity contribution in [1.29, 1.82) is 0 Å². The number of unbranched alkanes of at least 4 members (excludes halogenated alkanes) is 1. The number of ether oxygens (including phenoxy) is 3. The minimum atomic E-state index is -0.125. The Morgan fingerprint density at radius 1 is 0.650 bits per heavy atom. The van der Waals surface area contributed by atoms with Gasteiger partial charge in [0.15, 0.2) is 0 Å². The molecule has 0 amide bonds. The molecule has 0 saturated heterocycles. The zero-order valence-corrected chi connectivity index (χ0v) is 12.8. The van der Waals surface area contributed by atoms with E-state index in [1.165, 1.54) is 12.8 Å². The van der Waals surface area contributed by atoms with Gasteiger partial charge in [0, 0.05) is 13.7 Å². The molecule has 7 heteroatoms. The van der Waals surface area contributed by atoms with Gasteiger partial charge in [0.2, 0.25) is 0 Å². The lowest BCUT2D eigenvalue weighted by Gasteiger charge is -2.01. The summed E-state index contributed by atoms with van der Waals surface area (Å²) in [5.74, 6) is 0. The number of aliphatic hydroxyl groups excluding tert-OH is 4. The second kappa shape index (κ2) is 31.2. The maximum atomic E-state index is 8.26. The molecule has 0 radical (unpaired) electrons. The van der Waals surface area contributed by atoms with Crippen LogP contribution in [0.15, 0.2) is 0 Å². The van der Waals surface area contributed by atoms with Gasteiger partial charge in [0.1, 0.15) is 0 Å². The Balaban J connectivity index is -0.000000246. The zero-order chi connectivity index (χ0) is 15.9. The van der Waals surface area contributed by atoms with Crippen LogP contribution >= 0.6 is 0 Å². The Labute approximate surface area is 122 Å². The number of hydrogen-bond donors (Lipinski definition) is 4. The molecule has 0 rings (SSSR count). The zero-order valence-electron chi connectivity index (χ0n) is 12.8. The fourth-order valence-electron chi connectivity index (χ4n) is 0.740. The molecule has 0 unspecified atom stereocenters. The van der Waals surface area contributed by atoms with Crippen LogP contribution in [0.1, 0.15) is 19.8 Å². The molecule has 0 bridgehead atoms. The quantitative estimate of drug-likeness (QED) is 0.378. The summed E-state index contributed by atoms with van der Waals surface area (Å²) in [6.07, 6.45) is 2.42. The Morgan fingerprint density at radius 3 is 1.30 bits per heavy atom. The van der Waals surface area contributed by atoms with Gasteiger partial charge in [-0.2, -0.15) is 0 Å².